The highest BCUT2D eigenvalue weighted by Crippen LogP contribution is 2.29. The van der Waals surface area contributed by atoms with Gasteiger partial charge in [0.1, 0.15) is 0 Å². The zero-order valence-corrected chi connectivity index (χ0v) is 9.42. The molecule has 0 bridgehead atoms. The summed E-state index contributed by atoms with van der Waals surface area (Å²) < 4.78 is 0. The molecule has 0 atom stereocenters. The first-order valence-electron chi connectivity index (χ1n) is 5.15. The molecule has 1 fully saturated rings. The molecule has 4 nitrogen and oxygen atoms in total. The molecule has 1 aliphatic heterocycles. The summed E-state index contributed by atoms with van der Waals surface area (Å²) in [7, 11) is 3.58. The van der Waals surface area contributed by atoms with Crippen molar-refractivity contribution in [2.24, 2.45) is 11.1 Å². The molecule has 0 aromatic carbocycles. The molecule has 14 heavy (non-hydrogen) atoms. The average molecular weight is 199 g/mol. The Bertz CT molecular complexity index is 207. The van der Waals surface area contributed by atoms with Gasteiger partial charge in [0, 0.05) is 27.2 Å². The number of hydrogen-bond donors (Lipinski definition) is 1. The standard InChI is InChI=1S/C10H21N3O/c1-10(8-11)4-6-13(7-5-10)9(14)12(2)3/h4-8,11H2,1-3H3. The number of piperidine rings is 1. The van der Waals surface area contributed by atoms with Crippen LogP contribution in [0.2, 0.25) is 0 Å². The molecule has 2 amide bonds. The molecule has 0 aromatic heterocycles. The highest BCUT2D eigenvalue weighted by atomic mass is 16.2. The smallest absolute Gasteiger partial charge is 0.319 e. The largest absolute Gasteiger partial charge is 0.331 e. The quantitative estimate of drug-likeness (QED) is 0.677. The second kappa shape index (κ2) is 4.17. The molecule has 0 radical (unpaired) electrons. The van der Waals surface area contributed by atoms with E-state index < -0.39 is 0 Å². The first-order valence-corrected chi connectivity index (χ1v) is 5.15. The summed E-state index contributed by atoms with van der Waals surface area (Å²) in [4.78, 5) is 15.1. The molecule has 1 rings (SSSR count). The van der Waals surface area contributed by atoms with Gasteiger partial charge in [-0.05, 0) is 24.8 Å². The fourth-order valence-electron chi connectivity index (χ4n) is 1.72. The van der Waals surface area contributed by atoms with Crippen molar-refractivity contribution in [3.63, 3.8) is 0 Å². The Morgan fingerprint density at radius 1 is 1.43 bits per heavy atom. The highest BCUT2D eigenvalue weighted by Gasteiger charge is 2.30. The summed E-state index contributed by atoms with van der Waals surface area (Å²) >= 11 is 0. The molecule has 1 aliphatic rings. The Hall–Kier alpha value is -0.770. The molecular formula is C10H21N3O. The Labute approximate surface area is 86.0 Å². The maximum absolute atomic E-state index is 11.6. The lowest BCUT2D eigenvalue weighted by Gasteiger charge is -2.39. The van der Waals surface area contributed by atoms with Crippen LogP contribution in [0.25, 0.3) is 0 Å². The number of hydrogen-bond acceptors (Lipinski definition) is 2. The zero-order chi connectivity index (χ0) is 10.8. The zero-order valence-electron chi connectivity index (χ0n) is 9.42. The number of nitrogens with two attached hydrogens (primary N) is 1. The molecule has 1 heterocycles. The van der Waals surface area contributed by atoms with Gasteiger partial charge in [-0.25, -0.2) is 4.79 Å². The molecule has 82 valence electrons. The molecule has 1 saturated heterocycles. The monoisotopic (exact) mass is 199 g/mol. The summed E-state index contributed by atoms with van der Waals surface area (Å²) in [6, 6.07) is 0.115. The third-order valence-electron chi connectivity index (χ3n) is 3.12. The number of carbonyl (C=O) groups excluding carboxylic acids is 1. The molecule has 0 aliphatic carbocycles. The summed E-state index contributed by atoms with van der Waals surface area (Å²) in [6.07, 6.45) is 2.03. The van der Waals surface area contributed by atoms with Gasteiger partial charge in [0.05, 0.1) is 0 Å². The summed E-state index contributed by atoms with van der Waals surface area (Å²) in [6.45, 7) is 4.59. The first-order chi connectivity index (χ1) is 6.48. The molecule has 0 unspecified atom stereocenters. The van der Waals surface area contributed by atoms with Crippen molar-refractivity contribution in [1.82, 2.24) is 9.80 Å². The van der Waals surface area contributed by atoms with E-state index in [0.29, 0.717) is 0 Å². The van der Waals surface area contributed by atoms with Crippen LogP contribution in [-0.2, 0) is 0 Å². The minimum absolute atomic E-state index is 0.115. The fourth-order valence-corrected chi connectivity index (χ4v) is 1.72. The highest BCUT2D eigenvalue weighted by molar-refractivity contribution is 5.73. The van der Waals surface area contributed by atoms with Crippen LogP contribution in [-0.4, -0.2) is 49.6 Å². The van der Waals surface area contributed by atoms with Crippen molar-refractivity contribution >= 4 is 6.03 Å². The van der Waals surface area contributed by atoms with Crippen LogP contribution >= 0.6 is 0 Å². The average Bonchev–Trinajstić information content (AvgIpc) is 2.18. The van der Waals surface area contributed by atoms with E-state index in [1.165, 1.54) is 0 Å². The van der Waals surface area contributed by atoms with Crippen LogP contribution in [0, 0.1) is 5.41 Å². The van der Waals surface area contributed by atoms with E-state index in [0.717, 1.165) is 32.5 Å². The number of likely N-dealkylation sites (tertiary alicyclic amines) is 1. The second-order valence-corrected chi connectivity index (χ2v) is 4.68. The van der Waals surface area contributed by atoms with Gasteiger partial charge in [-0.3, -0.25) is 0 Å². The molecule has 2 N–H and O–H groups in total. The van der Waals surface area contributed by atoms with Crippen molar-refractivity contribution in [1.29, 1.82) is 0 Å². The van der Waals surface area contributed by atoms with E-state index in [2.05, 4.69) is 6.92 Å². The molecule has 0 aromatic rings. The number of nitrogens with zero attached hydrogens (tertiary/aromatic N) is 2. The third kappa shape index (κ3) is 2.38. The van der Waals surface area contributed by atoms with Crippen LogP contribution in [0.1, 0.15) is 19.8 Å². The number of amides is 2. The lowest BCUT2D eigenvalue weighted by Crippen LogP contribution is -2.47. The Kier molecular flexibility index (Phi) is 3.37. The second-order valence-electron chi connectivity index (χ2n) is 4.68. The normalized spacial score (nSPS) is 20.7. The number of urea groups is 1. The van der Waals surface area contributed by atoms with E-state index in [4.69, 9.17) is 5.73 Å². The Morgan fingerprint density at radius 3 is 2.29 bits per heavy atom. The van der Waals surface area contributed by atoms with Crippen molar-refractivity contribution in [2.75, 3.05) is 33.7 Å². The number of rotatable bonds is 1. The van der Waals surface area contributed by atoms with Gasteiger partial charge >= 0.3 is 6.03 Å². The van der Waals surface area contributed by atoms with Gasteiger partial charge in [0.25, 0.3) is 0 Å². The maximum Gasteiger partial charge on any atom is 0.319 e. The van der Waals surface area contributed by atoms with E-state index in [-0.39, 0.29) is 11.4 Å². The summed E-state index contributed by atoms with van der Waals surface area (Å²) in [5, 5.41) is 0. The third-order valence-corrected chi connectivity index (χ3v) is 3.12. The van der Waals surface area contributed by atoms with Gasteiger partial charge in [-0.1, -0.05) is 6.92 Å². The summed E-state index contributed by atoms with van der Waals surface area (Å²) in [5.41, 5.74) is 5.94. The minimum atomic E-state index is 0.115. The Balaban J connectivity index is 2.47. The van der Waals surface area contributed by atoms with Crippen LogP contribution in [0.3, 0.4) is 0 Å². The van der Waals surface area contributed by atoms with Crippen LogP contribution in [0.4, 0.5) is 4.79 Å². The van der Waals surface area contributed by atoms with Crippen LogP contribution in [0.15, 0.2) is 0 Å². The van der Waals surface area contributed by atoms with E-state index in [1.54, 1.807) is 19.0 Å². The maximum atomic E-state index is 11.6. The number of carbonyl (C=O) groups is 1. The fraction of sp³-hybridized carbons (Fsp3) is 0.900. The Morgan fingerprint density at radius 2 is 1.93 bits per heavy atom. The lowest BCUT2D eigenvalue weighted by atomic mass is 9.81. The lowest BCUT2D eigenvalue weighted by molar-refractivity contribution is 0.118. The van der Waals surface area contributed by atoms with Crippen molar-refractivity contribution in [3.05, 3.63) is 0 Å². The molecule has 0 spiro atoms. The van der Waals surface area contributed by atoms with Crippen LogP contribution in [0.5, 0.6) is 0 Å². The summed E-state index contributed by atoms with van der Waals surface area (Å²) in [5.74, 6) is 0. The molecule has 4 heteroatoms. The topological polar surface area (TPSA) is 49.6 Å². The SMILES string of the molecule is CN(C)C(=O)N1CCC(C)(CN)CC1. The van der Waals surface area contributed by atoms with Crippen molar-refractivity contribution in [2.45, 2.75) is 19.8 Å². The van der Waals surface area contributed by atoms with Crippen molar-refractivity contribution < 1.29 is 4.79 Å². The van der Waals surface area contributed by atoms with E-state index >= 15 is 0 Å². The van der Waals surface area contributed by atoms with Gasteiger partial charge in [0.15, 0.2) is 0 Å². The molecule has 0 saturated carbocycles. The predicted molar refractivity (Wildman–Crippen MR) is 57.1 cm³/mol. The first kappa shape index (κ1) is 11.3. The van der Waals surface area contributed by atoms with Gasteiger partial charge in [-0.15, -0.1) is 0 Å². The predicted octanol–water partition coefficient (Wildman–Crippen LogP) is 0.729. The van der Waals surface area contributed by atoms with Crippen LogP contribution < -0.4 is 5.73 Å². The van der Waals surface area contributed by atoms with Crippen molar-refractivity contribution in [3.8, 4) is 0 Å². The van der Waals surface area contributed by atoms with Gasteiger partial charge < -0.3 is 15.5 Å². The minimum Gasteiger partial charge on any atom is -0.331 e. The van der Waals surface area contributed by atoms with E-state index in [1.807, 2.05) is 4.90 Å². The van der Waals surface area contributed by atoms with Gasteiger partial charge in [0.2, 0.25) is 0 Å². The van der Waals surface area contributed by atoms with Gasteiger partial charge in [-0.2, -0.15) is 0 Å². The van der Waals surface area contributed by atoms with E-state index in [9.17, 15) is 4.79 Å². The molecular weight excluding hydrogens is 178 g/mol.